The molecule has 0 aliphatic carbocycles. The van der Waals surface area contributed by atoms with Crippen LogP contribution in [0.1, 0.15) is 22.2 Å². The maximum Gasteiger partial charge on any atom is 0.255 e. The van der Waals surface area contributed by atoms with Gasteiger partial charge in [-0.05, 0) is 26.0 Å². The highest BCUT2D eigenvalue weighted by atomic mass is 32.1. The van der Waals surface area contributed by atoms with Crippen molar-refractivity contribution in [2.75, 3.05) is 18.5 Å². The van der Waals surface area contributed by atoms with Crippen LogP contribution in [0.4, 0.5) is 5.13 Å². The first-order chi connectivity index (χ1) is 10.6. The third-order valence-corrected chi connectivity index (χ3v) is 3.54. The van der Waals surface area contributed by atoms with Crippen molar-refractivity contribution in [2.45, 2.75) is 13.8 Å². The van der Waals surface area contributed by atoms with E-state index < -0.39 is 0 Å². The fraction of sp³-hybridized carbons (Fsp3) is 0.267. The average Bonchev–Trinajstić information content (AvgIpc) is 2.91. The lowest BCUT2D eigenvalue weighted by molar-refractivity contribution is -0.115. The Morgan fingerprint density at radius 1 is 1.32 bits per heavy atom. The van der Waals surface area contributed by atoms with Crippen molar-refractivity contribution in [1.29, 1.82) is 0 Å². The first kappa shape index (κ1) is 16.0. The van der Waals surface area contributed by atoms with Gasteiger partial charge in [0.1, 0.15) is 5.75 Å². The van der Waals surface area contributed by atoms with Gasteiger partial charge in [0.05, 0.1) is 18.7 Å². The summed E-state index contributed by atoms with van der Waals surface area (Å²) in [5.74, 6) is -0.176. The number of ether oxygens (including phenoxy) is 1. The minimum atomic E-state index is -0.352. The molecule has 2 aromatic rings. The summed E-state index contributed by atoms with van der Waals surface area (Å²) in [4.78, 5) is 28.9. The van der Waals surface area contributed by atoms with Gasteiger partial charge < -0.3 is 15.4 Å². The van der Waals surface area contributed by atoms with Gasteiger partial charge in [-0.15, -0.1) is 11.3 Å². The van der Waals surface area contributed by atoms with Crippen molar-refractivity contribution in [3.63, 3.8) is 0 Å². The summed E-state index contributed by atoms with van der Waals surface area (Å²) in [6.07, 6.45) is 1.68. The number of nitrogens with zero attached hydrogens (tertiary/aromatic N) is 1. The Morgan fingerprint density at radius 2 is 2.09 bits per heavy atom. The quantitative estimate of drug-likeness (QED) is 0.855. The van der Waals surface area contributed by atoms with E-state index in [1.165, 1.54) is 11.3 Å². The fourth-order valence-corrected chi connectivity index (χ4v) is 2.45. The zero-order valence-corrected chi connectivity index (χ0v) is 13.2. The average molecular weight is 319 g/mol. The first-order valence-corrected chi connectivity index (χ1v) is 7.64. The molecule has 0 saturated heterocycles. The lowest BCUT2D eigenvalue weighted by atomic mass is 10.2. The number of carbonyl (C=O) groups is 2. The van der Waals surface area contributed by atoms with Gasteiger partial charge in [0.25, 0.3) is 5.91 Å². The SMILES string of the molecule is CCOc1ccccc1C(=O)NCC(=O)Nc1ncc(C)s1. The topological polar surface area (TPSA) is 80.3 Å². The number of hydrogen-bond acceptors (Lipinski definition) is 5. The van der Waals surface area contributed by atoms with Crippen molar-refractivity contribution >= 4 is 28.3 Å². The molecule has 0 unspecified atom stereocenters. The zero-order valence-electron chi connectivity index (χ0n) is 12.4. The van der Waals surface area contributed by atoms with Gasteiger partial charge in [0.2, 0.25) is 5.91 Å². The van der Waals surface area contributed by atoms with E-state index in [1.807, 2.05) is 13.8 Å². The lowest BCUT2D eigenvalue weighted by Crippen LogP contribution is -2.33. The minimum absolute atomic E-state index is 0.127. The summed E-state index contributed by atoms with van der Waals surface area (Å²) in [7, 11) is 0. The Bertz CT molecular complexity index is 670. The largest absolute Gasteiger partial charge is 0.493 e. The molecule has 6 nitrogen and oxygen atoms in total. The highest BCUT2D eigenvalue weighted by Crippen LogP contribution is 2.18. The van der Waals surface area contributed by atoms with Crippen LogP contribution in [-0.4, -0.2) is 29.9 Å². The van der Waals surface area contributed by atoms with E-state index in [4.69, 9.17) is 4.74 Å². The molecule has 0 aliphatic heterocycles. The molecule has 7 heteroatoms. The van der Waals surface area contributed by atoms with Crippen molar-refractivity contribution in [3.05, 3.63) is 40.9 Å². The Hall–Kier alpha value is -2.41. The number of nitrogens with one attached hydrogen (secondary N) is 2. The molecule has 0 spiro atoms. The maximum atomic E-state index is 12.1. The number of aromatic nitrogens is 1. The maximum absolute atomic E-state index is 12.1. The van der Waals surface area contributed by atoms with Gasteiger partial charge in [-0.25, -0.2) is 4.98 Å². The predicted octanol–water partition coefficient (Wildman–Crippen LogP) is 2.22. The zero-order chi connectivity index (χ0) is 15.9. The van der Waals surface area contributed by atoms with Crippen molar-refractivity contribution in [1.82, 2.24) is 10.3 Å². The number of carbonyl (C=O) groups excluding carboxylic acids is 2. The van der Waals surface area contributed by atoms with Crippen molar-refractivity contribution in [2.24, 2.45) is 0 Å². The molecule has 2 N–H and O–H groups in total. The van der Waals surface area contributed by atoms with E-state index in [0.717, 1.165) is 4.88 Å². The van der Waals surface area contributed by atoms with Crippen LogP contribution < -0.4 is 15.4 Å². The van der Waals surface area contributed by atoms with Crippen LogP contribution in [0.25, 0.3) is 0 Å². The molecule has 2 rings (SSSR count). The van der Waals surface area contributed by atoms with E-state index >= 15 is 0 Å². The molecule has 2 amide bonds. The van der Waals surface area contributed by atoms with Gasteiger partial charge in [0, 0.05) is 11.1 Å². The van der Waals surface area contributed by atoms with Crippen LogP contribution in [0, 0.1) is 6.92 Å². The van der Waals surface area contributed by atoms with E-state index in [2.05, 4.69) is 15.6 Å². The number of hydrogen-bond donors (Lipinski definition) is 2. The molecule has 0 bridgehead atoms. The van der Waals surface area contributed by atoms with Gasteiger partial charge in [-0.1, -0.05) is 12.1 Å². The number of rotatable bonds is 6. The standard InChI is InChI=1S/C15H17N3O3S/c1-3-21-12-7-5-4-6-11(12)14(20)16-9-13(19)18-15-17-8-10(2)22-15/h4-8H,3,9H2,1-2H3,(H,16,20)(H,17,18,19). The number of benzene rings is 1. The van der Waals surface area contributed by atoms with Crippen molar-refractivity contribution < 1.29 is 14.3 Å². The van der Waals surface area contributed by atoms with Crippen LogP contribution in [0.5, 0.6) is 5.75 Å². The molecule has 22 heavy (non-hydrogen) atoms. The summed E-state index contributed by atoms with van der Waals surface area (Å²) in [5.41, 5.74) is 0.405. The van der Waals surface area contributed by atoms with Crippen LogP contribution in [0.15, 0.2) is 30.5 Å². The summed E-state index contributed by atoms with van der Waals surface area (Å²) in [6, 6.07) is 6.91. The van der Waals surface area contributed by atoms with Crippen molar-refractivity contribution in [3.8, 4) is 5.75 Å². The van der Waals surface area contributed by atoms with Gasteiger partial charge >= 0.3 is 0 Å². The molecule has 0 fully saturated rings. The summed E-state index contributed by atoms with van der Waals surface area (Å²) in [6.45, 7) is 4.09. The molecular formula is C15H17N3O3S. The van der Waals surface area contributed by atoms with Gasteiger partial charge in [-0.2, -0.15) is 0 Å². The highest BCUT2D eigenvalue weighted by Gasteiger charge is 2.13. The summed E-state index contributed by atoms with van der Waals surface area (Å²) >= 11 is 1.38. The molecule has 0 atom stereocenters. The third kappa shape index (κ3) is 4.29. The van der Waals surface area contributed by atoms with Crippen LogP contribution in [-0.2, 0) is 4.79 Å². The number of amides is 2. The monoisotopic (exact) mass is 319 g/mol. The van der Waals surface area contributed by atoms with Crippen LogP contribution >= 0.6 is 11.3 Å². The highest BCUT2D eigenvalue weighted by molar-refractivity contribution is 7.15. The fourth-order valence-electron chi connectivity index (χ4n) is 1.77. The lowest BCUT2D eigenvalue weighted by Gasteiger charge is -2.10. The van der Waals surface area contributed by atoms with Crippen LogP contribution in [0.3, 0.4) is 0 Å². The second-order valence-corrected chi connectivity index (χ2v) is 5.67. The number of aryl methyl sites for hydroxylation is 1. The van der Waals surface area contributed by atoms with E-state index in [1.54, 1.807) is 30.5 Å². The Morgan fingerprint density at radius 3 is 2.77 bits per heavy atom. The molecule has 0 radical (unpaired) electrons. The van der Waals surface area contributed by atoms with E-state index in [9.17, 15) is 9.59 Å². The molecule has 1 aromatic carbocycles. The molecule has 0 aliphatic rings. The molecule has 1 heterocycles. The summed E-state index contributed by atoms with van der Waals surface area (Å²) < 4.78 is 5.39. The smallest absolute Gasteiger partial charge is 0.255 e. The van der Waals surface area contributed by atoms with Gasteiger partial charge in [0.15, 0.2) is 5.13 Å². The third-order valence-electron chi connectivity index (χ3n) is 2.71. The second kappa shape index (κ2) is 7.56. The number of para-hydroxylation sites is 1. The normalized spacial score (nSPS) is 10.1. The van der Waals surface area contributed by atoms with Crippen LogP contribution in [0.2, 0.25) is 0 Å². The summed E-state index contributed by atoms with van der Waals surface area (Å²) in [5, 5.41) is 5.72. The van der Waals surface area contributed by atoms with E-state index in [-0.39, 0.29) is 18.4 Å². The molecule has 0 saturated carbocycles. The Kier molecular flexibility index (Phi) is 5.48. The molecule has 1 aromatic heterocycles. The second-order valence-electron chi connectivity index (χ2n) is 4.44. The van der Waals surface area contributed by atoms with Gasteiger partial charge in [-0.3, -0.25) is 9.59 Å². The minimum Gasteiger partial charge on any atom is -0.493 e. The Labute approximate surface area is 132 Å². The first-order valence-electron chi connectivity index (χ1n) is 6.82. The molecular weight excluding hydrogens is 302 g/mol. The molecule has 116 valence electrons. The number of thiazole rings is 1. The number of anilines is 1. The Balaban J connectivity index is 1.91. The predicted molar refractivity (Wildman–Crippen MR) is 85.4 cm³/mol. The van der Waals surface area contributed by atoms with E-state index in [0.29, 0.717) is 23.1 Å².